The van der Waals surface area contributed by atoms with Crippen molar-refractivity contribution in [1.82, 2.24) is 15.5 Å². The smallest absolute Gasteiger partial charge is 0.251 e. The fourth-order valence-corrected chi connectivity index (χ4v) is 3.83. The predicted molar refractivity (Wildman–Crippen MR) is 100 cm³/mol. The molecule has 2 fully saturated rings. The van der Waals surface area contributed by atoms with Gasteiger partial charge in [-0.25, -0.2) is 0 Å². The maximum atomic E-state index is 12.3. The van der Waals surface area contributed by atoms with Gasteiger partial charge in [0.25, 0.3) is 5.91 Å². The number of carbonyl (C=O) groups excluding carboxylic acids is 3. The number of amides is 3. The summed E-state index contributed by atoms with van der Waals surface area (Å²) in [6.07, 6.45) is 4.73. The maximum absolute atomic E-state index is 12.3. The Morgan fingerprint density at radius 1 is 1.11 bits per heavy atom. The molecule has 2 N–H and O–H groups in total. The number of nitrogens with zero attached hydrogens (tertiary/aromatic N) is 1. The summed E-state index contributed by atoms with van der Waals surface area (Å²) in [5, 5.41) is 5.60. The first-order valence-electron chi connectivity index (χ1n) is 9.58. The molecule has 27 heavy (non-hydrogen) atoms. The quantitative estimate of drug-likeness (QED) is 0.706. The van der Waals surface area contributed by atoms with Crippen LogP contribution in [-0.4, -0.2) is 55.4 Å². The third-order valence-electron chi connectivity index (χ3n) is 5.36. The minimum absolute atomic E-state index is 0.0925. The van der Waals surface area contributed by atoms with E-state index in [9.17, 15) is 14.4 Å². The van der Waals surface area contributed by atoms with Gasteiger partial charge in [-0.15, -0.1) is 0 Å². The molecular weight excluding hydrogens is 346 g/mol. The molecule has 0 aromatic heterocycles. The van der Waals surface area contributed by atoms with E-state index in [-0.39, 0.29) is 23.6 Å². The van der Waals surface area contributed by atoms with E-state index in [4.69, 9.17) is 4.74 Å². The van der Waals surface area contributed by atoms with Crippen LogP contribution in [0.25, 0.3) is 0 Å². The average Bonchev–Trinajstić information content (AvgIpc) is 3.34. The summed E-state index contributed by atoms with van der Waals surface area (Å²) in [6.45, 7) is 1.20. The number of likely N-dealkylation sites (tertiary alicyclic amines) is 1. The van der Waals surface area contributed by atoms with Gasteiger partial charge >= 0.3 is 0 Å². The van der Waals surface area contributed by atoms with Gasteiger partial charge in [-0.1, -0.05) is 12.8 Å². The van der Waals surface area contributed by atoms with Crippen molar-refractivity contribution in [2.75, 3.05) is 26.7 Å². The number of nitrogens with one attached hydrogen (secondary N) is 2. The highest BCUT2D eigenvalue weighted by Gasteiger charge is 2.38. The molecule has 1 aliphatic carbocycles. The lowest BCUT2D eigenvalue weighted by atomic mass is 10.1. The molecular formula is C20H27N3O4. The minimum atomic E-state index is -0.282. The molecule has 0 radical (unpaired) electrons. The number of rotatable bonds is 7. The normalized spacial score (nSPS) is 20.0. The SMILES string of the molecule is COc1ccc(C(=O)NCCNC(=O)C2CC(=O)N(C3CCCC3)C2)cc1. The molecule has 1 saturated carbocycles. The molecule has 1 unspecified atom stereocenters. The van der Waals surface area contributed by atoms with Crippen LogP contribution in [0.2, 0.25) is 0 Å². The summed E-state index contributed by atoms with van der Waals surface area (Å²) in [5.74, 6) is 0.194. The summed E-state index contributed by atoms with van der Waals surface area (Å²) >= 11 is 0. The number of methoxy groups -OCH3 is 1. The van der Waals surface area contributed by atoms with E-state index in [1.807, 2.05) is 4.90 Å². The second-order valence-electron chi connectivity index (χ2n) is 7.16. The van der Waals surface area contributed by atoms with Gasteiger partial charge in [0, 0.05) is 37.7 Å². The third kappa shape index (κ3) is 4.78. The summed E-state index contributed by atoms with van der Waals surface area (Å²) < 4.78 is 5.06. The predicted octanol–water partition coefficient (Wildman–Crippen LogP) is 1.33. The van der Waals surface area contributed by atoms with Crippen molar-refractivity contribution in [2.24, 2.45) is 5.92 Å². The van der Waals surface area contributed by atoms with Gasteiger partial charge in [0.1, 0.15) is 5.75 Å². The van der Waals surface area contributed by atoms with Crippen LogP contribution < -0.4 is 15.4 Å². The van der Waals surface area contributed by atoms with Gasteiger partial charge in [-0.3, -0.25) is 14.4 Å². The van der Waals surface area contributed by atoms with Crippen molar-refractivity contribution < 1.29 is 19.1 Å². The van der Waals surface area contributed by atoms with Gasteiger partial charge in [0.15, 0.2) is 0 Å². The van der Waals surface area contributed by atoms with Gasteiger partial charge in [-0.05, 0) is 37.1 Å². The van der Waals surface area contributed by atoms with Crippen LogP contribution in [0.3, 0.4) is 0 Å². The summed E-state index contributed by atoms with van der Waals surface area (Å²) in [7, 11) is 1.57. The number of hydrogen-bond donors (Lipinski definition) is 2. The van der Waals surface area contributed by atoms with Gasteiger partial charge in [-0.2, -0.15) is 0 Å². The van der Waals surface area contributed by atoms with E-state index in [1.165, 1.54) is 12.8 Å². The van der Waals surface area contributed by atoms with Crippen LogP contribution in [0.15, 0.2) is 24.3 Å². The van der Waals surface area contributed by atoms with Crippen molar-refractivity contribution in [3.8, 4) is 5.75 Å². The molecule has 146 valence electrons. The Morgan fingerprint density at radius 3 is 2.44 bits per heavy atom. The van der Waals surface area contributed by atoms with Crippen molar-refractivity contribution in [3.05, 3.63) is 29.8 Å². The van der Waals surface area contributed by atoms with Crippen LogP contribution in [0.1, 0.15) is 42.5 Å². The van der Waals surface area contributed by atoms with Crippen LogP contribution in [-0.2, 0) is 9.59 Å². The van der Waals surface area contributed by atoms with Gasteiger partial charge in [0.05, 0.1) is 13.0 Å². The molecule has 7 nitrogen and oxygen atoms in total. The van der Waals surface area contributed by atoms with Crippen LogP contribution >= 0.6 is 0 Å². The summed E-state index contributed by atoms with van der Waals surface area (Å²) in [5.41, 5.74) is 0.538. The number of carbonyl (C=O) groups is 3. The lowest BCUT2D eigenvalue weighted by molar-refractivity contribution is -0.130. The van der Waals surface area contributed by atoms with E-state index in [2.05, 4.69) is 10.6 Å². The van der Waals surface area contributed by atoms with E-state index in [0.717, 1.165) is 12.8 Å². The molecule has 2 aliphatic rings. The van der Waals surface area contributed by atoms with Crippen LogP contribution in [0.5, 0.6) is 5.75 Å². The molecule has 3 amide bonds. The molecule has 3 rings (SSSR count). The van der Waals surface area contributed by atoms with Gasteiger partial charge < -0.3 is 20.3 Å². The third-order valence-corrected chi connectivity index (χ3v) is 5.36. The Labute approximate surface area is 159 Å². The highest BCUT2D eigenvalue weighted by atomic mass is 16.5. The van der Waals surface area contributed by atoms with E-state index in [0.29, 0.717) is 43.4 Å². The lowest BCUT2D eigenvalue weighted by Gasteiger charge is -2.23. The maximum Gasteiger partial charge on any atom is 0.251 e. The topological polar surface area (TPSA) is 87.7 Å². The van der Waals surface area contributed by atoms with Crippen molar-refractivity contribution in [3.63, 3.8) is 0 Å². The first kappa shape index (κ1) is 19.2. The first-order valence-corrected chi connectivity index (χ1v) is 9.58. The highest BCUT2D eigenvalue weighted by Crippen LogP contribution is 2.29. The molecule has 1 atom stereocenters. The molecule has 0 bridgehead atoms. The number of hydrogen-bond acceptors (Lipinski definition) is 4. The van der Waals surface area contributed by atoms with E-state index >= 15 is 0 Å². The zero-order valence-corrected chi connectivity index (χ0v) is 15.7. The number of ether oxygens (including phenoxy) is 1. The highest BCUT2D eigenvalue weighted by molar-refractivity contribution is 5.94. The molecule has 1 aromatic rings. The summed E-state index contributed by atoms with van der Waals surface area (Å²) in [6, 6.07) is 7.15. The monoisotopic (exact) mass is 373 g/mol. The lowest BCUT2D eigenvalue weighted by Crippen LogP contribution is -2.39. The minimum Gasteiger partial charge on any atom is -0.497 e. The van der Waals surface area contributed by atoms with E-state index < -0.39 is 0 Å². The Balaban J connectivity index is 1.38. The van der Waals surface area contributed by atoms with Crippen molar-refractivity contribution in [2.45, 2.75) is 38.1 Å². The van der Waals surface area contributed by atoms with Crippen molar-refractivity contribution in [1.29, 1.82) is 0 Å². The Hall–Kier alpha value is -2.57. The Morgan fingerprint density at radius 2 is 1.78 bits per heavy atom. The zero-order valence-electron chi connectivity index (χ0n) is 15.7. The Bertz CT molecular complexity index is 683. The molecule has 1 aliphatic heterocycles. The van der Waals surface area contributed by atoms with Crippen LogP contribution in [0, 0.1) is 5.92 Å². The summed E-state index contributed by atoms with van der Waals surface area (Å²) in [4.78, 5) is 38.5. The van der Waals surface area contributed by atoms with Crippen molar-refractivity contribution >= 4 is 17.7 Å². The largest absolute Gasteiger partial charge is 0.497 e. The molecule has 1 heterocycles. The number of benzene rings is 1. The van der Waals surface area contributed by atoms with Gasteiger partial charge in [0.2, 0.25) is 11.8 Å². The second-order valence-corrected chi connectivity index (χ2v) is 7.16. The second kappa shape index (κ2) is 8.88. The fraction of sp³-hybridized carbons (Fsp3) is 0.550. The molecule has 1 aromatic carbocycles. The molecule has 7 heteroatoms. The molecule has 0 spiro atoms. The standard InChI is InChI=1S/C20H27N3O4/c1-27-17-8-6-14(7-9-17)19(25)21-10-11-22-20(26)15-12-18(24)23(13-15)16-4-2-3-5-16/h6-9,15-16H,2-5,10-13H2,1H3,(H,21,25)(H,22,26). The first-order chi connectivity index (χ1) is 13.1. The van der Waals surface area contributed by atoms with Crippen LogP contribution in [0.4, 0.5) is 0 Å². The Kier molecular flexibility index (Phi) is 6.32. The zero-order chi connectivity index (χ0) is 19.2. The average molecular weight is 373 g/mol. The molecule has 1 saturated heterocycles. The van der Waals surface area contributed by atoms with E-state index in [1.54, 1.807) is 31.4 Å². The fourth-order valence-electron chi connectivity index (χ4n) is 3.83.